The Bertz CT molecular complexity index is 3460. The van der Waals surface area contributed by atoms with Gasteiger partial charge in [-0.2, -0.15) is 0 Å². The largest absolute Gasteiger partial charge is 0.228 e. The molecule has 63 heavy (non-hydrogen) atoms. The molecule has 0 aliphatic heterocycles. The number of hydrogen-bond acceptors (Lipinski definition) is 2. The minimum atomic E-state index is -0.530. The summed E-state index contributed by atoms with van der Waals surface area (Å²) in [6, 6.07) is 87.8. The summed E-state index contributed by atoms with van der Waals surface area (Å²) in [5.74, 6) is 0.695. The van der Waals surface area contributed by atoms with Crippen LogP contribution in [0.1, 0.15) is 22.3 Å². The zero-order valence-electron chi connectivity index (χ0n) is 34.5. The number of fused-ring (bicyclic) bond motifs is 5. The second-order valence-corrected chi connectivity index (χ2v) is 16.4. The summed E-state index contributed by atoms with van der Waals surface area (Å²) in [5, 5.41) is 4.77. The molecule has 2 nitrogen and oxygen atoms in total. The highest BCUT2D eigenvalue weighted by atomic mass is 14.9. The monoisotopic (exact) mass is 800 g/mol. The summed E-state index contributed by atoms with van der Waals surface area (Å²) < 4.78 is 0. The fourth-order valence-electron chi connectivity index (χ4n) is 10.3. The Morgan fingerprint density at radius 2 is 0.778 bits per heavy atom. The molecule has 1 aliphatic rings. The van der Waals surface area contributed by atoms with Crippen LogP contribution in [0.5, 0.6) is 0 Å². The van der Waals surface area contributed by atoms with Crippen LogP contribution in [-0.2, 0) is 5.41 Å². The molecule has 2 heteroatoms. The summed E-state index contributed by atoms with van der Waals surface area (Å²) in [7, 11) is 0. The van der Waals surface area contributed by atoms with Crippen molar-refractivity contribution in [2.75, 3.05) is 0 Å². The van der Waals surface area contributed by atoms with Crippen LogP contribution >= 0.6 is 0 Å². The third-order valence-corrected chi connectivity index (χ3v) is 13.0. The van der Waals surface area contributed by atoms with Gasteiger partial charge in [0.25, 0.3) is 0 Å². The Morgan fingerprint density at radius 1 is 0.286 bits per heavy atom. The van der Waals surface area contributed by atoms with Gasteiger partial charge in [-0.1, -0.05) is 231 Å². The van der Waals surface area contributed by atoms with E-state index in [4.69, 9.17) is 9.97 Å². The number of hydrogen-bond donors (Lipinski definition) is 0. The van der Waals surface area contributed by atoms with E-state index in [2.05, 4.69) is 237 Å². The lowest BCUT2D eigenvalue weighted by Crippen LogP contribution is -2.29. The molecule has 0 fully saturated rings. The van der Waals surface area contributed by atoms with Gasteiger partial charge in [0.05, 0.1) is 16.8 Å². The average Bonchev–Trinajstić information content (AvgIpc) is 3.68. The van der Waals surface area contributed by atoms with Crippen LogP contribution in [0.2, 0.25) is 0 Å². The predicted octanol–water partition coefficient (Wildman–Crippen LogP) is 15.5. The summed E-state index contributed by atoms with van der Waals surface area (Å²) >= 11 is 0. The minimum absolute atomic E-state index is 0.530. The molecule has 1 aromatic heterocycles. The van der Waals surface area contributed by atoms with E-state index >= 15 is 0 Å². The lowest BCUT2D eigenvalue weighted by molar-refractivity contribution is 0.770. The molecule has 0 unspecified atom stereocenters. The molecule has 0 spiro atoms. The number of rotatable bonds is 7. The Hall–Kier alpha value is -8.20. The molecule has 0 amide bonds. The van der Waals surface area contributed by atoms with Gasteiger partial charge in [0.15, 0.2) is 5.82 Å². The fraction of sp³-hybridized carbons (Fsp3) is 0.0164. The molecule has 0 N–H and O–H groups in total. The molecule has 0 radical (unpaired) electrons. The zero-order valence-corrected chi connectivity index (χ0v) is 34.5. The van der Waals surface area contributed by atoms with Crippen molar-refractivity contribution in [2.45, 2.75) is 5.41 Å². The SMILES string of the molecule is c1ccc(-c2nc(-c3cccc(-c4cccc5ccccc45)c3)cc(-c3ccc(-c4cccc5c4C(c4ccccc4)(c4ccccc4)c4ccccc4-5)c4ccccc34)n2)cc1. The highest BCUT2D eigenvalue weighted by molar-refractivity contribution is 6.07. The van der Waals surface area contributed by atoms with Crippen LogP contribution in [0.4, 0.5) is 0 Å². The standard InChI is InChI=1S/C61H40N2/c1-4-20-42(21-5-1)60-62-57(44-24-16-23-43(39-44)48-33-17-22-41-19-10-11-29-47(41)48)40-58(63-60)53-38-37-51(49-30-12-13-31-50(49)53)54-34-18-35-55-52-32-14-15-36-56(52)61(59(54)55,45-25-6-2-7-26-45)46-27-8-3-9-28-46/h1-40H. The Labute approximate surface area is 367 Å². The first-order chi connectivity index (χ1) is 31.3. The van der Waals surface area contributed by atoms with Gasteiger partial charge >= 0.3 is 0 Å². The van der Waals surface area contributed by atoms with Crippen molar-refractivity contribution < 1.29 is 0 Å². The number of benzene rings is 10. The first-order valence-corrected chi connectivity index (χ1v) is 21.7. The van der Waals surface area contributed by atoms with Gasteiger partial charge in [0.1, 0.15) is 0 Å². The molecule has 0 saturated heterocycles. The topological polar surface area (TPSA) is 25.8 Å². The van der Waals surface area contributed by atoms with E-state index in [0.717, 1.165) is 39.0 Å². The first kappa shape index (κ1) is 36.6. The summed E-state index contributed by atoms with van der Waals surface area (Å²) in [6.07, 6.45) is 0. The Balaban J connectivity index is 1.07. The maximum absolute atomic E-state index is 5.35. The van der Waals surface area contributed by atoms with Crippen LogP contribution in [-0.4, -0.2) is 9.97 Å². The smallest absolute Gasteiger partial charge is 0.160 e. The Morgan fingerprint density at radius 3 is 1.54 bits per heavy atom. The van der Waals surface area contributed by atoms with E-state index in [1.165, 1.54) is 66.2 Å². The van der Waals surface area contributed by atoms with Gasteiger partial charge in [0.2, 0.25) is 0 Å². The van der Waals surface area contributed by atoms with E-state index in [9.17, 15) is 0 Å². The van der Waals surface area contributed by atoms with Crippen LogP contribution < -0.4 is 0 Å². The van der Waals surface area contributed by atoms with Gasteiger partial charge in [0, 0.05) is 16.7 Å². The second-order valence-electron chi connectivity index (χ2n) is 16.4. The summed E-state index contributed by atoms with van der Waals surface area (Å²) in [5.41, 5.74) is 16.7. The highest BCUT2D eigenvalue weighted by Crippen LogP contribution is 2.59. The predicted molar refractivity (Wildman–Crippen MR) is 262 cm³/mol. The van der Waals surface area contributed by atoms with Crippen molar-refractivity contribution in [3.63, 3.8) is 0 Å². The minimum Gasteiger partial charge on any atom is -0.228 e. The Kier molecular flexibility index (Phi) is 8.76. The van der Waals surface area contributed by atoms with E-state index in [0.29, 0.717) is 5.82 Å². The van der Waals surface area contributed by atoms with Gasteiger partial charge in [-0.05, 0) is 89.3 Å². The average molecular weight is 801 g/mol. The van der Waals surface area contributed by atoms with Crippen molar-refractivity contribution >= 4 is 21.5 Å². The lowest BCUT2D eigenvalue weighted by Gasteiger charge is -2.35. The maximum atomic E-state index is 5.35. The molecule has 10 aromatic carbocycles. The molecule has 0 bridgehead atoms. The number of nitrogens with zero attached hydrogens (tertiary/aromatic N) is 2. The maximum Gasteiger partial charge on any atom is 0.160 e. The van der Waals surface area contributed by atoms with Crippen LogP contribution in [0.3, 0.4) is 0 Å². The van der Waals surface area contributed by atoms with Crippen LogP contribution in [0.25, 0.3) is 88.8 Å². The van der Waals surface area contributed by atoms with Crippen molar-refractivity contribution in [1.29, 1.82) is 0 Å². The van der Waals surface area contributed by atoms with Gasteiger partial charge in [-0.3, -0.25) is 0 Å². The number of aromatic nitrogens is 2. The molecule has 12 rings (SSSR count). The quantitative estimate of drug-likeness (QED) is 0.160. The second kappa shape index (κ2) is 15.1. The molecule has 11 aromatic rings. The molecule has 1 heterocycles. The van der Waals surface area contributed by atoms with Crippen LogP contribution in [0, 0.1) is 0 Å². The zero-order chi connectivity index (χ0) is 41.7. The van der Waals surface area contributed by atoms with Gasteiger partial charge < -0.3 is 0 Å². The van der Waals surface area contributed by atoms with Crippen LogP contribution in [0.15, 0.2) is 243 Å². The normalized spacial score (nSPS) is 12.6. The van der Waals surface area contributed by atoms with Gasteiger partial charge in [-0.25, -0.2) is 9.97 Å². The molecule has 1 aliphatic carbocycles. The molecular weight excluding hydrogens is 761 g/mol. The van der Waals surface area contributed by atoms with E-state index in [-0.39, 0.29) is 0 Å². The van der Waals surface area contributed by atoms with Crippen molar-refractivity contribution in [2.24, 2.45) is 0 Å². The van der Waals surface area contributed by atoms with E-state index in [1.807, 2.05) is 6.07 Å². The lowest BCUT2D eigenvalue weighted by atomic mass is 9.66. The molecule has 0 saturated carbocycles. The van der Waals surface area contributed by atoms with Gasteiger partial charge in [-0.15, -0.1) is 0 Å². The van der Waals surface area contributed by atoms with Crippen molar-refractivity contribution in [3.8, 4) is 67.3 Å². The molecular formula is C61H40N2. The summed E-state index contributed by atoms with van der Waals surface area (Å²) in [4.78, 5) is 10.6. The molecule has 294 valence electrons. The van der Waals surface area contributed by atoms with Crippen molar-refractivity contribution in [3.05, 3.63) is 265 Å². The first-order valence-electron chi connectivity index (χ1n) is 21.7. The summed E-state index contributed by atoms with van der Waals surface area (Å²) in [6.45, 7) is 0. The molecule has 0 atom stereocenters. The van der Waals surface area contributed by atoms with E-state index in [1.54, 1.807) is 0 Å². The van der Waals surface area contributed by atoms with Crippen molar-refractivity contribution in [1.82, 2.24) is 9.97 Å². The third kappa shape index (κ3) is 5.95. The third-order valence-electron chi connectivity index (χ3n) is 13.0. The fourth-order valence-corrected chi connectivity index (χ4v) is 10.3. The highest BCUT2D eigenvalue weighted by Gasteiger charge is 2.47. The van der Waals surface area contributed by atoms with E-state index < -0.39 is 5.41 Å².